The summed E-state index contributed by atoms with van der Waals surface area (Å²) in [7, 11) is 0. The fourth-order valence-electron chi connectivity index (χ4n) is 1.35. The first-order chi connectivity index (χ1) is 7.66. The molecule has 0 aliphatic rings. The highest BCUT2D eigenvalue weighted by atomic mass is 16.2. The highest BCUT2D eigenvalue weighted by Crippen LogP contribution is 2.11. The molecule has 0 atom stereocenters. The lowest BCUT2D eigenvalue weighted by Crippen LogP contribution is -2.33. The first kappa shape index (κ1) is 10.2. The summed E-state index contributed by atoms with van der Waals surface area (Å²) in [6, 6.07) is 5.03. The van der Waals surface area contributed by atoms with Gasteiger partial charge in [-0.3, -0.25) is 9.59 Å². The number of aromatic nitrogens is 2. The number of carbonyl (C=O) groups is 2. The number of amides is 2. The van der Waals surface area contributed by atoms with Gasteiger partial charge in [-0.05, 0) is 18.2 Å². The summed E-state index contributed by atoms with van der Waals surface area (Å²) in [5.74, 6) is -0.911. The second-order valence-electron chi connectivity index (χ2n) is 3.28. The van der Waals surface area contributed by atoms with Crippen molar-refractivity contribution in [2.75, 3.05) is 6.54 Å². The van der Waals surface area contributed by atoms with E-state index < -0.39 is 5.91 Å². The molecule has 16 heavy (non-hydrogen) atoms. The molecule has 2 aromatic rings. The smallest absolute Gasteiger partial charge is 0.251 e. The number of nitrogens with zero attached hydrogens (tertiary/aromatic N) is 1. The molecule has 0 fully saturated rings. The molecule has 0 aliphatic carbocycles. The van der Waals surface area contributed by atoms with Crippen LogP contribution in [-0.2, 0) is 4.79 Å². The van der Waals surface area contributed by atoms with Crippen molar-refractivity contribution >= 4 is 22.8 Å². The van der Waals surface area contributed by atoms with Crippen molar-refractivity contribution in [3.63, 3.8) is 0 Å². The SMILES string of the molecule is NC(=O)CNC(=O)c1ccc2nc[nH]c2c1. The summed E-state index contributed by atoms with van der Waals surface area (Å²) in [6.07, 6.45) is 1.55. The quantitative estimate of drug-likeness (QED) is 0.663. The summed E-state index contributed by atoms with van der Waals surface area (Å²) in [6.45, 7) is -0.167. The third-order valence-electron chi connectivity index (χ3n) is 2.11. The van der Waals surface area contributed by atoms with E-state index in [2.05, 4.69) is 15.3 Å². The van der Waals surface area contributed by atoms with Gasteiger partial charge >= 0.3 is 0 Å². The zero-order valence-corrected chi connectivity index (χ0v) is 8.36. The molecule has 4 N–H and O–H groups in total. The van der Waals surface area contributed by atoms with Gasteiger partial charge in [-0.25, -0.2) is 4.98 Å². The van der Waals surface area contributed by atoms with Crippen LogP contribution in [0.3, 0.4) is 0 Å². The van der Waals surface area contributed by atoms with E-state index >= 15 is 0 Å². The minimum Gasteiger partial charge on any atom is -0.368 e. The van der Waals surface area contributed by atoms with Gasteiger partial charge in [0.1, 0.15) is 0 Å². The van der Waals surface area contributed by atoms with Crippen LogP contribution in [0.2, 0.25) is 0 Å². The van der Waals surface area contributed by atoms with Crippen LogP contribution in [0.25, 0.3) is 11.0 Å². The number of hydrogen-bond donors (Lipinski definition) is 3. The fourth-order valence-corrected chi connectivity index (χ4v) is 1.35. The number of rotatable bonds is 3. The molecule has 2 amide bonds. The summed E-state index contributed by atoms with van der Waals surface area (Å²) in [4.78, 5) is 29.0. The Morgan fingerprint density at radius 2 is 2.25 bits per heavy atom. The fraction of sp³-hybridized carbons (Fsp3) is 0.100. The average Bonchev–Trinajstić information content (AvgIpc) is 2.72. The van der Waals surface area contributed by atoms with Crippen LogP contribution >= 0.6 is 0 Å². The lowest BCUT2D eigenvalue weighted by atomic mass is 10.2. The maximum absolute atomic E-state index is 11.6. The van der Waals surface area contributed by atoms with Gasteiger partial charge in [0, 0.05) is 5.56 Å². The average molecular weight is 218 g/mol. The van der Waals surface area contributed by atoms with Crippen molar-refractivity contribution in [2.24, 2.45) is 5.73 Å². The molecular weight excluding hydrogens is 208 g/mol. The number of nitrogens with two attached hydrogens (primary N) is 1. The number of carbonyl (C=O) groups excluding carboxylic acids is 2. The van der Waals surface area contributed by atoms with E-state index in [0.717, 1.165) is 11.0 Å². The third-order valence-corrected chi connectivity index (χ3v) is 2.11. The van der Waals surface area contributed by atoms with Crippen molar-refractivity contribution in [1.82, 2.24) is 15.3 Å². The topological polar surface area (TPSA) is 101 Å². The van der Waals surface area contributed by atoms with Crippen molar-refractivity contribution in [3.05, 3.63) is 30.1 Å². The van der Waals surface area contributed by atoms with Gasteiger partial charge in [0.25, 0.3) is 5.91 Å². The van der Waals surface area contributed by atoms with Crippen LogP contribution < -0.4 is 11.1 Å². The van der Waals surface area contributed by atoms with Gasteiger partial charge in [-0.15, -0.1) is 0 Å². The lowest BCUT2D eigenvalue weighted by molar-refractivity contribution is -0.117. The molecule has 0 aliphatic heterocycles. The van der Waals surface area contributed by atoms with Crippen LogP contribution in [0.4, 0.5) is 0 Å². The zero-order chi connectivity index (χ0) is 11.5. The molecule has 0 unspecified atom stereocenters. The van der Waals surface area contributed by atoms with Crippen LogP contribution in [0.15, 0.2) is 24.5 Å². The molecule has 0 saturated heterocycles. The van der Waals surface area contributed by atoms with Gasteiger partial charge in [0.05, 0.1) is 23.9 Å². The normalized spacial score (nSPS) is 10.2. The molecule has 1 aromatic heterocycles. The summed E-state index contributed by atoms with van der Waals surface area (Å²) < 4.78 is 0. The second kappa shape index (κ2) is 4.01. The number of primary amides is 1. The Bertz CT molecular complexity index is 546. The van der Waals surface area contributed by atoms with Crippen LogP contribution in [0, 0.1) is 0 Å². The molecule has 2 rings (SSSR count). The third kappa shape index (κ3) is 2.00. The van der Waals surface area contributed by atoms with Crippen molar-refractivity contribution in [2.45, 2.75) is 0 Å². The largest absolute Gasteiger partial charge is 0.368 e. The molecule has 0 saturated carbocycles. The van der Waals surface area contributed by atoms with E-state index in [4.69, 9.17) is 5.73 Å². The number of imidazole rings is 1. The van der Waals surface area contributed by atoms with Crippen LogP contribution in [0.1, 0.15) is 10.4 Å². The van der Waals surface area contributed by atoms with Gasteiger partial charge in [-0.2, -0.15) is 0 Å². The van der Waals surface area contributed by atoms with E-state index in [9.17, 15) is 9.59 Å². The second-order valence-corrected chi connectivity index (χ2v) is 3.28. The van der Waals surface area contributed by atoms with Crippen LogP contribution in [-0.4, -0.2) is 28.3 Å². The van der Waals surface area contributed by atoms with Gasteiger partial charge < -0.3 is 16.0 Å². The van der Waals surface area contributed by atoms with E-state index in [1.807, 2.05) is 0 Å². The number of nitrogens with one attached hydrogen (secondary N) is 2. The lowest BCUT2D eigenvalue weighted by Gasteiger charge is -2.02. The number of H-pyrrole nitrogens is 1. The molecule has 0 radical (unpaired) electrons. The van der Waals surface area contributed by atoms with E-state index in [-0.39, 0.29) is 12.5 Å². The Labute approximate surface area is 90.8 Å². The summed E-state index contributed by atoms with van der Waals surface area (Å²) in [5, 5.41) is 2.41. The predicted octanol–water partition coefficient (Wildman–Crippen LogP) is -0.222. The highest BCUT2D eigenvalue weighted by Gasteiger charge is 2.07. The first-order valence-electron chi connectivity index (χ1n) is 4.66. The maximum atomic E-state index is 11.6. The number of benzene rings is 1. The molecule has 1 aromatic carbocycles. The number of fused-ring (bicyclic) bond motifs is 1. The standard InChI is InChI=1S/C10H10N4O2/c11-9(15)4-12-10(16)6-1-2-7-8(3-6)14-5-13-7/h1-3,5H,4H2,(H2,11,15)(H,12,16)(H,13,14). The number of aromatic amines is 1. The highest BCUT2D eigenvalue weighted by molar-refractivity contribution is 5.98. The van der Waals surface area contributed by atoms with Crippen molar-refractivity contribution in [3.8, 4) is 0 Å². The van der Waals surface area contributed by atoms with Gasteiger partial charge in [-0.1, -0.05) is 0 Å². The maximum Gasteiger partial charge on any atom is 0.251 e. The van der Waals surface area contributed by atoms with E-state index in [1.165, 1.54) is 0 Å². The summed E-state index contributed by atoms with van der Waals surface area (Å²) >= 11 is 0. The molecule has 0 bridgehead atoms. The minimum absolute atomic E-state index is 0.167. The van der Waals surface area contributed by atoms with Gasteiger partial charge in [0.15, 0.2) is 0 Å². The van der Waals surface area contributed by atoms with E-state index in [0.29, 0.717) is 5.56 Å². The molecule has 0 spiro atoms. The zero-order valence-electron chi connectivity index (χ0n) is 8.36. The van der Waals surface area contributed by atoms with Crippen molar-refractivity contribution < 1.29 is 9.59 Å². The summed E-state index contributed by atoms with van der Waals surface area (Å²) in [5.41, 5.74) is 6.93. The van der Waals surface area contributed by atoms with Gasteiger partial charge in [0.2, 0.25) is 5.91 Å². The monoisotopic (exact) mass is 218 g/mol. The first-order valence-corrected chi connectivity index (χ1v) is 4.66. The molecular formula is C10H10N4O2. The predicted molar refractivity (Wildman–Crippen MR) is 57.6 cm³/mol. The Kier molecular flexibility index (Phi) is 2.55. The molecule has 6 nitrogen and oxygen atoms in total. The van der Waals surface area contributed by atoms with Crippen molar-refractivity contribution in [1.29, 1.82) is 0 Å². The molecule has 82 valence electrons. The Balaban J connectivity index is 2.19. The Morgan fingerprint density at radius 3 is 3.00 bits per heavy atom. The minimum atomic E-state index is -0.573. The van der Waals surface area contributed by atoms with Crippen LogP contribution in [0.5, 0.6) is 0 Å². The Hall–Kier alpha value is -2.37. The Morgan fingerprint density at radius 1 is 1.44 bits per heavy atom. The van der Waals surface area contributed by atoms with E-state index in [1.54, 1.807) is 24.5 Å². The molecule has 1 heterocycles. The molecule has 6 heteroatoms. The number of hydrogen-bond acceptors (Lipinski definition) is 3.